The molecule has 6 heteroatoms. The molecule has 4 N–H and O–H groups in total. The first-order valence-electron chi connectivity index (χ1n) is 7.39. The topological polar surface area (TPSA) is 90.5 Å². The lowest BCUT2D eigenvalue weighted by Crippen LogP contribution is -2.63. The van der Waals surface area contributed by atoms with Crippen LogP contribution in [0.15, 0.2) is 0 Å². The molecule has 0 aromatic rings. The number of hydrogen-bond donors (Lipinski definition) is 4. The van der Waals surface area contributed by atoms with Crippen molar-refractivity contribution in [2.75, 3.05) is 6.61 Å². The second-order valence-corrected chi connectivity index (χ2v) is 7.97. The Morgan fingerprint density at radius 3 is 2.05 bits per heavy atom. The minimum Gasteiger partial charge on any atom is -0.394 e. The van der Waals surface area contributed by atoms with Crippen LogP contribution in [0.3, 0.4) is 0 Å². The molecule has 1 aliphatic rings. The Kier molecular flexibility index (Phi) is 5.05. The van der Waals surface area contributed by atoms with Crippen LogP contribution in [0.1, 0.15) is 54.4 Å². The third-order valence-corrected chi connectivity index (χ3v) is 3.58. The molecule has 122 valence electrons. The quantitative estimate of drug-likeness (QED) is 0.564. The van der Waals surface area contributed by atoms with Gasteiger partial charge >= 0.3 is 11.8 Å². The van der Waals surface area contributed by atoms with Crippen molar-refractivity contribution in [3.8, 4) is 0 Å². The zero-order valence-corrected chi connectivity index (χ0v) is 14.0. The lowest BCUT2D eigenvalue weighted by Gasteiger charge is -2.46. The van der Waals surface area contributed by atoms with E-state index in [0.717, 1.165) is 12.8 Å². The molecule has 1 heterocycles. The summed E-state index contributed by atoms with van der Waals surface area (Å²) in [4.78, 5) is 23.9. The maximum absolute atomic E-state index is 12.0. The van der Waals surface area contributed by atoms with E-state index in [1.54, 1.807) is 13.8 Å². The van der Waals surface area contributed by atoms with Crippen LogP contribution in [0.2, 0.25) is 0 Å². The van der Waals surface area contributed by atoms with Crippen LogP contribution >= 0.6 is 0 Å². The predicted octanol–water partition coefficient (Wildman–Crippen LogP) is 0.299. The Bertz CT molecular complexity index is 400. The van der Waals surface area contributed by atoms with Crippen LogP contribution in [-0.2, 0) is 9.59 Å². The minimum absolute atomic E-state index is 0.0493. The van der Waals surface area contributed by atoms with Gasteiger partial charge in [-0.3, -0.25) is 9.59 Å². The van der Waals surface area contributed by atoms with Crippen molar-refractivity contribution in [2.24, 2.45) is 0 Å². The van der Waals surface area contributed by atoms with E-state index in [4.69, 9.17) is 5.11 Å². The summed E-state index contributed by atoms with van der Waals surface area (Å²) >= 11 is 0. The lowest BCUT2D eigenvalue weighted by atomic mass is 9.79. The van der Waals surface area contributed by atoms with E-state index in [-0.39, 0.29) is 23.7 Å². The predicted molar refractivity (Wildman–Crippen MR) is 81.8 cm³/mol. The van der Waals surface area contributed by atoms with E-state index in [1.807, 2.05) is 0 Å². The van der Waals surface area contributed by atoms with Gasteiger partial charge in [0.2, 0.25) is 0 Å². The van der Waals surface area contributed by atoms with Crippen LogP contribution in [0.4, 0.5) is 0 Å². The molecule has 0 saturated carbocycles. The number of hydrogen-bond acceptors (Lipinski definition) is 4. The monoisotopic (exact) mass is 299 g/mol. The molecular weight excluding hydrogens is 270 g/mol. The van der Waals surface area contributed by atoms with E-state index in [9.17, 15) is 9.59 Å². The van der Waals surface area contributed by atoms with Gasteiger partial charge in [-0.15, -0.1) is 0 Å². The Morgan fingerprint density at radius 1 is 1.14 bits per heavy atom. The third-order valence-electron chi connectivity index (χ3n) is 3.58. The highest BCUT2D eigenvalue weighted by molar-refractivity contribution is 6.35. The number of carbonyl (C=O) groups excluding carboxylic acids is 2. The van der Waals surface area contributed by atoms with Crippen molar-refractivity contribution in [3.63, 3.8) is 0 Å². The van der Waals surface area contributed by atoms with Gasteiger partial charge in [0.05, 0.1) is 12.1 Å². The Morgan fingerprint density at radius 2 is 1.62 bits per heavy atom. The highest BCUT2D eigenvalue weighted by Gasteiger charge is 2.38. The number of carbonyl (C=O) groups is 2. The maximum atomic E-state index is 12.0. The fourth-order valence-electron chi connectivity index (χ4n) is 3.08. The summed E-state index contributed by atoms with van der Waals surface area (Å²) in [5.41, 5.74) is -0.998. The van der Waals surface area contributed by atoms with Gasteiger partial charge in [0.15, 0.2) is 0 Å². The normalized spacial score (nSPS) is 21.7. The number of rotatable bonds is 3. The average Bonchev–Trinajstić information content (AvgIpc) is 2.23. The summed E-state index contributed by atoms with van der Waals surface area (Å²) in [7, 11) is 0. The van der Waals surface area contributed by atoms with E-state index < -0.39 is 17.4 Å². The smallest absolute Gasteiger partial charge is 0.309 e. The van der Waals surface area contributed by atoms with E-state index in [0.29, 0.717) is 0 Å². The van der Waals surface area contributed by atoms with E-state index in [1.165, 1.54) is 0 Å². The second kappa shape index (κ2) is 5.93. The zero-order chi connectivity index (χ0) is 16.5. The zero-order valence-electron chi connectivity index (χ0n) is 14.0. The maximum Gasteiger partial charge on any atom is 0.309 e. The fraction of sp³-hybridized carbons (Fsp3) is 0.867. The van der Waals surface area contributed by atoms with Crippen LogP contribution in [0, 0.1) is 0 Å². The number of nitrogens with one attached hydrogen (secondary N) is 3. The van der Waals surface area contributed by atoms with E-state index >= 15 is 0 Å². The summed E-state index contributed by atoms with van der Waals surface area (Å²) in [5.74, 6) is -1.35. The summed E-state index contributed by atoms with van der Waals surface area (Å²) in [6.45, 7) is 11.4. The SMILES string of the molecule is CC(C)(CO)NC(=O)C(=O)NC1CC(C)(C)NC(C)(C)C1. The minimum atomic E-state index is -0.804. The van der Waals surface area contributed by atoms with Crippen molar-refractivity contribution >= 4 is 11.8 Å². The number of piperidine rings is 1. The number of aliphatic hydroxyl groups excluding tert-OH is 1. The molecule has 0 aliphatic carbocycles. The van der Waals surface area contributed by atoms with Crippen molar-refractivity contribution < 1.29 is 14.7 Å². The van der Waals surface area contributed by atoms with E-state index in [2.05, 4.69) is 43.6 Å². The first kappa shape index (κ1) is 17.9. The van der Waals surface area contributed by atoms with Gasteiger partial charge in [0.25, 0.3) is 0 Å². The molecule has 0 atom stereocenters. The molecular formula is C15H29N3O3. The third kappa shape index (κ3) is 5.63. The molecule has 1 rings (SSSR count). The second-order valence-electron chi connectivity index (χ2n) is 7.97. The molecule has 1 aliphatic heterocycles. The van der Waals surface area contributed by atoms with Gasteiger partial charge in [0, 0.05) is 17.1 Å². The average molecular weight is 299 g/mol. The van der Waals surface area contributed by atoms with Gasteiger partial charge in [-0.2, -0.15) is 0 Å². The van der Waals surface area contributed by atoms with Crippen molar-refractivity contribution in [1.29, 1.82) is 0 Å². The molecule has 0 aromatic heterocycles. The standard InChI is InChI=1S/C15H29N3O3/c1-13(2)7-10(8-14(3,4)18-13)16-11(20)12(21)17-15(5,6)9-19/h10,18-19H,7-9H2,1-6H3,(H,16,20)(H,17,21). The van der Waals surface area contributed by atoms with Gasteiger partial charge in [-0.05, 0) is 54.4 Å². The van der Waals surface area contributed by atoms with Gasteiger partial charge < -0.3 is 21.1 Å². The summed E-state index contributed by atoms with van der Waals surface area (Å²) < 4.78 is 0. The summed E-state index contributed by atoms with van der Waals surface area (Å²) in [5, 5.41) is 18.0. The van der Waals surface area contributed by atoms with Crippen LogP contribution in [0.25, 0.3) is 0 Å². The van der Waals surface area contributed by atoms with Crippen molar-refractivity contribution in [1.82, 2.24) is 16.0 Å². The van der Waals surface area contributed by atoms with Gasteiger partial charge in [0.1, 0.15) is 0 Å². The molecule has 1 fully saturated rings. The molecule has 21 heavy (non-hydrogen) atoms. The van der Waals surface area contributed by atoms with Crippen LogP contribution < -0.4 is 16.0 Å². The van der Waals surface area contributed by atoms with Crippen molar-refractivity contribution in [3.05, 3.63) is 0 Å². The molecule has 2 amide bonds. The van der Waals surface area contributed by atoms with Crippen LogP contribution in [-0.4, -0.2) is 46.2 Å². The molecule has 6 nitrogen and oxygen atoms in total. The summed E-state index contributed by atoms with van der Waals surface area (Å²) in [6, 6.07) is -0.0493. The Labute approximate surface area is 127 Å². The van der Waals surface area contributed by atoms with Gasteiger partial charge in [-0.1, -0.05) is 0 Å². The molecule has 0 aromatic carbocycles. The largest absolute Gasteiger partial charge is 0.394 e. The highest BCUT2D eigenvalue weighted by Crippen LogP contribution is 2.28. The Balaban J connectivity index is 2.64. The molecule has 0 bridgehead atoms. The van der Waals surface area contributed by atoms with Crippen molar-refractivity contribution in [2.45, 2.75) is 77.0 Å². The number of amides is 2. The molecule has 0 spiro atoms. The lowest BCUT2D eigenvalue weighted by molar-refractivity contribution is -0.141. The fourth-order valence-corrected chi connectivity index (χ4v) is 3.08. The molecule has 1 saturated heterocycles. The molecule has 0 radical (unpaired) electrons. The van der Waals surface area contributed by atoms with Crippen LogP contribution in [0.5, 0.6) is 0 Å². The first-order valence-corrected chi connectivity index (χ1v) is 7.39. The number of aliphatic hydroxyl groups is 1. The summed E-state index contributed by atoms with van der Waals surface area (Å²) in [6.07, 6.45) is 1.53. The first-order chi connectivity index (χ1) is 9.36. The Hall–Kier alpha value is -1.14. The highest BCUT2D eigenvalue weighted by atomic mass is 16.3. The molecule has 0 unspecified atom stereocenters. The van der Waals surface area contributed by atoms with Gasteiger partial charge in [-0.25, -0.2) is 0 Å².